The van der Waals surface area contributed by atoms with Crippen molar-refractivity contribution in [1.29, 1.82) is 0 Å². The fraction of sp³-hybridized carbons (Fsp3) is 0.438. The second-order valence-electron chi connectivity index (χ2n) is 5.56. The minimum Gasteiger partial charge on any atom is -0.481 e. The molecule has 1 heterocycles. The van der Waals surface area contributed by atoms with Crippen molar-refractivity contribution >= 4 is 35.2 Å². The Hall–Kier alpha value is -2.02. The largest absolute Gasteiger partial charge is 0.481 e. The number of hydrogen-bond acceptors (Lipinski definition) is 4. The van der Waals surface area contributed by atoms with E-state index in [9.17, 15) is 14.4 Å². The molecule has 6 nitrogen and oxygen atoms in total. The number of aliphatic carboxylic acids is 1. The number of likely N-dealkylation sites (tertiary alicyclic amines) is 1. The Morgan fingerprint density at radius 3 is 2.87 bits per heavy atom. The summed E-state index contributed by atoms with van der Waals surface area (Å²) >= 11 is 1.54. The number of nitrogens with zero attached hydrogens (tertiary/aromatic N) is 1. The average Bonchev–Trinajstić information content (AvgIpc) is 2.84. The number of amides is 2. The van der Waals surface area contributed by atoms with Gasteiger partial charge >= 0.3 is 5.97 Å². The van der Waals surface area contributed by atoms with Crippen LogP contribution in [0, 0.1) is 5.92 Å². The van der Waals surface area contributed by atoms with Gasteiger partial charge in [0.2, 0.25) is 11.8 Å². The SMILES string of the molecule is CN1CC(C(=O)Nc2cccc(CSCCC(=O)O)c2)CC1=O. The third kappa shape index (κ3) is 5.28. The van der Waals surface area contributed by atoms with Crippen LogP contribution in [0.3, 0.4) is 0 Å². The summed E-state index contributed by atoms with van der Waals surface area (Å²) in [5, 5.41) is 11.5. The molecule has 2 rings (SSSR count). The Balaban J connectivity index is 1.86. The minimum atomic E-state index is -0.797. The van der Waals surface area contributed by atoms with E-state index >= 15 is 0 Å². The summed E-state index contributed by atoms with van der Waals surface area (Å²) in [4.78, 5) is 35.7. The molecule has 2 amide bonds. The van der Waals surface area contributed by atoms with E-state index in [1.54, 1.807) is 23.7 Å². The van der Waals surface area contributed by atoms with Crippen molar-refractivity contribution in [2.24, 2.45) is 5.92 Å². The maximum absolute atomic E-state index is 12.2. The fourth-order valence-corrected chi connectivity index (χ4v) is 3.25. The van der Waals surface area contributed by atoms with E-state index in [0.29, 0.717) is 23.7 Å². The summed E-state index contributed by atoms with van der Waals surface area (Å²) in [6, 6.07) is 7.49. The lowest BCUT2D eigenvalue weighted by Crippen LogP contribution is -2.25. The predicted molar refractivity (Wildman–Crippen MR) is 89.2 cm³/mol. The molecule has 1 fully saturated rings. The molecule has 1 aliphatic rings. The molecule has 1 saturated heterocycles. The molecular formula is C16H20N2O4S. The van der Waals surface area contributed by atoms with E-state index in [4.69, 9.17) is 5.11 Å². The maximum Gasteiger partial charge on any atom is 0.304 e. The summed E-state index contributed by atoms with van der Waals surface area (Å²) in [7, 11) is 1.70. The highest BCUT2D eigenvalue weighted by molar-refractivity contribution is 7.98. The summed E-state index contributed by atoms with van der Waals surface area (Å²) in [5.74, 6) is 0.00665. The van der Waals surface area contributed by atoms with E-state index in [0.717, 1.165) is 5.56 Å². The molecule has 124 valence electrons. The number of carboxylic acids is 1. The highest BCUT2D eigenvalue weighted by Gasteiger charge is 2.32. The van der Waals surface area contributed by atoms with Crippen LogP contribution in [0.15, 0.2) is 24.3 Å². The minimum absolute atomic E-state index is 0.00580. The van der Waals surface area contributed by atoms with E-state index in [1.165, 1.54) is 0 Å². The Morgan fingerprint density at radius 1 is 1.43 bits per heavy atom. The van der Waals surface area contributed by atoms with Gasteiger partial charge in [-0.25, -0.2) is 0 Å². The molecule has 1 aromatic rings. The Bertz CT molecular complexity index is 605. The number of benzene rings is 1. The molecule has 7 heteroatoms. The summed E-state index contributed by atoms with van der Waals surface area (Å²) in [6.07, 6.45) is 0.400. The topological polar surface area (TPSA) is 86.7 Å². The number of hydrogen-bond donors (Lipinski definition) is 2. The van der Waals surface area contributed by atoms with Crippen LogP contribution in [0.1, 0.15) is 18.4 Å². The van der Waals surface area contributed by atoms with Crippen LogP contribution in [0.2, 0.25) is 0 Å². The van der Waals surface area contributed by atoms with Crippen LogP contribution < -0.4 is 5.32 Å². The van der Waals surface area contributed by atoms with Gasteiger partial charge in [0.05, 0.1) is 12.3 Å². The molecule has 0 radical (unpaired) electrons. The molecule has 1 aliphatic heterocycles. The van der Waals surface area contributed by atoms with Crippen molar-refractivity contribution in [2.45, 2.75) is 18.6 Å². The van der Waals surface area contributed by atoms with Gasteiger partial charge in [-0.1, -0.05) is 12.1 Å². The molecule has 1 aromatic carbocycles. The summed E-state index contributed by atoms with van der Waals surface area (Å²) < 4.78 is 0. The number of nitrogens with one attached hydrogen (secondary N) is 1. The van der Waals surface area contributed by atoms with Crippen molar-refractivity contribution in [2.75, 3.05) is 24.7 Å². The Labute approximate surface area is 139 Å². The summed E-state index contributed by atoms with van der Waals surface area (Å²) in [6.45, 7) is 0.454. The van der Waals surface area contributed by atoms with Crippen LogP contribution in [0.25, 0.3) is 0 Å². The van der Waals surface area contributed by atoms with Crippen molar-refractivity contribution in [3.05, 3.63) is 29.8 Å². The van der Waals surface area contributed by atoms with E-state index in [1.807, 2.05) is 24.3 Å². The first kappa shape index (κ1) is 17.3. The van der Waals surface area contributed by atoms with Gasteiger partial charge in [0.25, 0.3) is 0 Å². The van der Waals surface area contributed by atoms with Crippen LogP contribution in [-0.2, 0) is 20.1 Å². The van der Waals surface area contributed by atoms with Gasteiger partial charge < -0.3 is 15.3 Å². The molecule has 23 heavy (non-hydrogen) atoms. The normalized spacial score (nSPS) is 17.3. The Morgan fingerprint density at radius 2 is 2.22 bits per heavy atom. The van der Waals surface area contributed by atoms with Gasteiger partial charge in [-0.05, 0) is 17.7 Å². The van der Waals surface area contributed by atoms with Gasteiger partial charge in [0.1, 0.15) is 0 Å². The van der Waals surface area contributed by atoms with Gasteiger partial charge in [-0.2, -0.15) is 11.8 Å². The van der Waals surface area contributed by atoms with E-state index in [2.05, 4.69) is 5.32 Å². The van der Waals surface area contributed by atoms with E-state index in [-0.39, 0.29) is 30.6 Å². The molecule has 2 N–H and O–H groups in total. The van der Waals surface area contributed by atoms with Crippen molar-refractivity contribution < 1.29 is 19.5 Å². The molecular weight excluding hydrogens is 316 g/mol. The first-order valence-electron chi connectivity index (χ1n) is 7.39. The zero-order valence-electron chi connectivity index (χ0n) is 12.9. The first-order valence-corrected chi connectivity index (χ1v) is 8.54. The second-order valence-corrected chi connectivity index (χ2v) is 6.67. The lowest BCUT2D eigenvalue weighted by atomic mass is 10.1. The number of carbonyl (C=O) groups excluding carboxylic acids is 2. The lowest BCUT2D eigenvalue weighted by molar-refractivity contribution is -0.136. The second kappa shape index (κ2) is 8.01. The predicted octanol–water partition coefficient (Wildman–Crippen LogP) is 1.81. The third-order valence-electron chi connectivity index (χ3n) is 3.64. The Kier molecular flexibility index (Phi) is 6.04. The average molecular weight is 336 g/mol. The van der Waals surface area contributed by atoms with Crippen molar-refractivity contribution in [1.82, 2.24) is 4.90 Å². The van der Waals surface area contributed by atoms with Crippen molar-refractivity contribution in [3.8, 4) is 0 Å². The number of carboxylic acid groups (broad SMARTS) is 1. The van der Waals surface area contributed by atoms with E-state index < -0.39 is 5.97 Å². The monoisotopic (exact) mass is 336 g/mol. The summed E-state index contributed by atoms with van der Waals surface area (Å²) in [5.41, 5.74) is 1.73. The van der Waals surface area contributed by atoms with Crippen molar-refractivity contribution in [3.63, 3.8) is 0 Å². The van der Waals surface area contributed by atoms with Crippen LogP contribution in [0.5, 0.6) is 0 Å². The van der Waals surface area contributed by atoms with Crippen LogP contribution in [0.4, 0.5) is 5.69 Å². The standard InChI is InChI=1S/C16H20N2O4S/c1-18-9-12(8-14(18)19)16(22)17-13-4-2-3-11(7-13)10-23-6-5-15(20)21/h2-4,7,12H,5-6,8-10H2,1H3,(H,17,22)(H,20,21). The number of anilines is 1. The van der Waals surface area contributed by atoms with Gasteiger partial charge in [0.15, 0.2) is 0 Å². The molecule has 1 unspecified atom stereocenters. The zero-order valence-corrected chi connectivity index (χ0v) is 13.8. The molecule has 0 aliphatic carbocycles. The maximum atomic E-state index is 12.2. The first-order chi connectivity index (χ1) is 11.0. The number of thioether (sulfide) groups is 1. The molecule has 0 saturated carbocycles. The highest BCUT2D eigenvalue weighted by Crippen LogP contribution is 2.20. The number of rotatable bonds is 7. The van der Waals surface area contributed by atoms with Gasteiger partial charge in [0, 0.05) is 37.2 Å². The fourth-order valence-electron chi connectivity index (χ4n) is 2.37. The third-order valence-corrected chi connectivity index (χ3v) is 4.67. The molecule has 0 bridgehead atoms. The van der Waals surface area contributed by atoms with Crippen LogP contribution in [-0.4, -0.2) is 47.1 Å². The molecule has 1 atom stereocenters. The molecule has 0 spiro atoms. The quantitative estimate of drug-likeness (QED) is 0.742. The lowest BCUT2D eigenvalue weighted by Gasteiger charge is -2.12. The molecule has 0 aromatic heterocycles. The smallest absolute Gasteiger partial charge is 0.304 e. The van der Waals surface area contributed by atoms with Gasteiger partial charge in [-0.15, -0.1) is 0 Å². The van der Waals surface area contributed by atoms with Crippen LogP contribution >= 0.6 is 11.8 Å². The van der Waals surface area contributed by atoms with Gasteiger partial charge in [-0.3, -0.25) is 14.4 Å². The zero-order chi connectivity index (χ0) is 16.8. The number of carbonyl (C=O) groups is 3. The highest BCUT2D eigenvalue weighted by atomic mass is 32.2.